The second kappa shape index (κ2) is 11.2. The first kappa shape index (κ1) is 20.7. The molecule has 2 rings (SSSR count). The van der Waals surface area contributed by atoms with E-state index in [0.29, 0.717) is 10.5 Å². The Morgan fingerprint density at radius 2 is 1.04 bits per heavy atom. The molecule has 0 bridgehead atoms. The molecule has 2 fully saturated rings. The van der Waals surface area contributed by atoms with Crippen molar-refractivity contribution < 1.29 is 0 Å². The van der Waals surface area contributed by atoms with Gasteiger partial charge in [-0.05, 0) is 69.6 Å². The highest BCUT2D eigenvalue weighted by Crippen LogP contribution is 2.40. The van der Waals surface area contributed by atoms with E-state index in [-0.39, 0.29) is 0 Å². The summed E-state index contributed by atoms with van der Waals surface area (Å²) in [7, 11) is 0. The van der Waals surface area contributed by atoms with Gasteiger partial charge in [-0.3, -0.25) is 0 Å². The molecule has 0 aromatic heterocycles. The van der Waals surface area contributed by atoms with Gasteiger partial charge < -0.3 is 0 Å². The van der Waals surface area contributed by atoms with E-state index in [0.717, 1.165) is 22.3 Å². The minimum absolute atomic E-state index is 0.552. The molecule has 0 aromatic carbocycles. The molecule has 2 aliphatic rings. The molecule has 136 valence electrons. The van der Waals surface area contributed by atoms with Crippen LogP contribution in [0.2, 0.25) is 0 Å². The molecule has 23 heavy (non-hydrogen) atoms. The molecule has 0 radical (unpaired) electrons. The van der Waals surface area contributed by atoms with Gasteiger partial charge in [0.1, 0.15) is 0 Å². The predicted molar refractivity (Wildman–Crippen MR) is 118 cm³/mol. The van der Waals surface area contributed by atoms with Crippen LogP contribution in [0.5, 0.6) is 0 Å². The van der Waals surface area contributed by atoms with Crippen LogP contribution in [0.1, 0.15) is 71.6 Å². The summed E-state index contributed by atoms with van der Waals surface area (Å²) < 4.78 is 0. The van der Waals surface area contributed by atoms with Gasteiger partial charge in [0.2, 0.25) is 0 Å². The summed E-state index contributed by atoms with van der Waals surface area (Å²) in [6.45, 7) is 4.43. The molecule has 0 heterocycles. The Kier molecular flexibility index (Phi) is 10.1. The Hall–Kier alpha value is 1.40. The molecule has 0 aliphatic heterocycles. The highest BCUT2D eigenvalue weighted by atomic mass is 32.2. The average Bonchev–Trinajstić information content (AvgIpc) is 2.53. The molecular weight excluding hydrogens is 356 g/mol. The topological polar surface area (TPSA) is 0 Å². The second-order valence-corrected chi connectivity index (χ2v) is 12.3. The first-order valence-electron chi connectivity index (χ1n) is 9.62. The fourth-order valence-electron chi connectivity index (χ4n) is 4.09. The van der Waals surface area contributed by atoms with E-state index in [1.807, 2.05) is 0 Å². The fourth-order valence-corrected chi connectivity index (χ4v) is 6.92. The first-order chi connectivity index (χ1) is 11.0. The Bertz CT molecular complexity index is 272. The summed E-state index contributed by atoms with van der Waals surface area (Å²) in [6, 6.07) is 0. The molecule has 0 N–H and O–H groups in total. The van der Waals surface area contributed by atoms with Crippen LogP contribution in [-0.4, -0.2) is 32.5 Å². The predicted octanol–water partition coefficient (Wildman–Crippen LogP) is 6.60. The van der Waals surface area contributed by atoms with E-state index < -0.39 is 0 Å². The van der Waals surface area contributed by atoms with E-state index >= 15 is 0 Å². The van der Waals surface area contributed by atoms with Crippen molar-refractivity contribution in [1.82, 2.24) is 0 Å². The maximum Gasteiger partial charge on any atom is 0.00792 e. The molecule has 0 spiro atoms. The zero-order chi connectivity index (χ0) is 16.7. The lowest BCUT2D eigenvalue weighted by Gasteiger charge is -2.34. The molecule has 2 aliphatic carbocycles. The van der Waals surface area contributed by atoms with Gasteiger partial charge in [-0.25, -0.2) is 0 Å². The fraction of sp³-hybridized carbons (Fsp3) is 1.00. The molecule has 2 saturated carbocycles. The normalized spacial score (nSPS) is 35.0. The van der Waals surface area contributed by atoms with Gasteiger partial charge >= 0.3 is 0 Å². The van der Waals surface area contributed by atoms with Crippen LogP contribution in [0.3, 0.4) is 0 Å². The van der Waals surface area contributed by atoms with E-state index in [1.165, 1.54) is 69.3 Å². The van der Waals surface area contributed by atoms with Gasteiger partial charge in [-0.15, -0.1) is 0 Å². The van der Waals surface area contributed by atoms with Crippen molar-refractivity contribution in [3.8, 4) is 0 Å². The summed E-state index contributed by atoms with van der Waals surface area (Å²) in [5.74, 6) is 4.52. The summed E-state index contributed by atoms with van der Waals surface area (Å²) in [5.41, 5.74) is 0. The molecule has 0 aromatic rings. The minimum atomic E-state index is 0.552. The van der Waals surface area contributed by atoms with Gasteiger partial charge in [0.15, 0.2) is 0 Å². The third kappa shape index (κ3) is 8.55. The van der Waals surface area contributed by atoms with Gasteiger partial charge in [-0.2, -0.15) is 48.8 Å². The van der Waals surface area contributed by atoms with Crippen LogP contribution >= 0.6 is 48.8 Å². The van der Waals surface area contributed by atoms with Crippen LogP contribution in [0.25, 0.3) is 0 Å². The van der Waals surface area contributed by atoms with Gasteiger partial charge in [0.25, 0.3) is 0 Å². The monoisotopic (exact) mass is 392 g/mol. The van der Waals surface area contributed by atoms with Crippen molar-refractivity contribution in [2.75, 3.05) is 11.5 Å². The van der Waals surface area contributed by atoms with Crippen LogP contribution in [0.4, 0.5) is 0 Å². The number of rotatable bonds is 8. The van der Waals surface area contributed by atoms with E-state index in [1.54, 1.807) is 0 Å². The molecule has 2 atom stereocenters. The lowest BCUT2D eigenvalue weighted by molar-refractivity contribution is 0.249. The van der Waals surface area contributed by atoms with Crippen LogP contribution in [0.15, 0.2) is 0 Å². The third-order valence-electron chi connectivity index (χ3n) is 5.40. The Labute approximate surface area is 164 Å². The number of hydrogen-bond acceptors (Lipinski definition) is 4. The van der Waals surface area contributed by atoms with Crippen molar-refractivity contribution >= 4 is 48.8 Å². The second-order valence-electron chi connectivity index (χ2n) is 7.89. The van der Waals surface area contributed by atoms with E-state index in [2.05, 4.69) is 62.6 Å². The zero-order valence-electron chi connectivity index (χ0n) is 15.0. The van der Waals surface area contributed by atoms with Crippen molar-refractivity contribution in [1.29, 1.82) is 0 Å². The SMILES string of the molecule is CC(S)CSC1CCC(CC2CCC(SCC(C)S)CC2)CC1. The van der Waals surface area contributed by atoms with Crippen molar-refractivity contribution in [2.45, 2.75) is 92.6 Å². The van der Waals surface area contributed by atoms with Crippen molar-refractivity contribution in [3.05, 3.63) is 0 Å². The molecule has 0 saturated heterocycles. The summed E-state index contributed by atoms with van der Waals surface area (Å²) in [6.07, 6.45) is 13.3. The van der Waals surface area contributed by atoms with Gasteiger partial charge in [0, 0.05) is 32.5 Å². The van der Waals surface area contributed by atoms with Crippen molar-refractivity contribution in [3.63, 3.8) is 0 Å². The number of thiol groups is 2. The van der Waals surface area contributed by atoms with Gasteiger partial charge in [0.05, 0.1) is 0 Å². The van der Waals surface area contributed by atoms with Crippen molar-refractivity contribution in [2.24, 2.45) is 11.8 Å². The maximum atomic E-state index is 4.51. The Morgan fingerprint density at radius 3 is 1.35 bits per heavy atom. The minimum Gasteiger partial charge on any atom is -0.175 e. The summed E-state index contributed by atoms with van der Waals surface area (Å²) >= 11 is 13.4. The lowest BCUT2D eigenvalue weighted by Crippen LogP contribution is -2.23. The Balaban J connectivity index is 1.57. The zero-order valence-corrected chi connectivity index (χ0v) is 18.4. The van der Waals surface area contributed by atoms with Crippen LogP contribution < -0.4 is 0 Å². The van der Waals surface area contributed by atoms with E-state index in [9.17, 15) is 0 Å². The van der Waals surface area contributed by atoms with Crippen LogP contribution in [0, 0.1) is 11.8 Å². The highest BCUT2D eigenvalue weighted by Gasteiger charge is 2.27. The average molecular weight is 393 g/mol. The standard InChI is InChI=1S/C19H36S4/c1-14(20)12-22-18-7-3-16(4-8-18)11-17-5-9-19(10-6-17)23-13-15(2)21/h14-21H,3-13H2,1-2H3. The number of thioether (sulfide) groups is 2. The summed E-state index contributed by atoms with van der Waals surface area (Å²) in [4.78, 5) is 0. The largest absolute Gasteiger partial charge is 0.175 e. The molecule has 0 amide bonds. The van der Waals surface area contributed by atoms with E-state index in [4.69, 9.17) is 0 Å². The van der Waals surface area contributed by atoms with Crippen LogP contribution in [-0.2, 0) is 0 Å². The summed E-state index contributed by atoms with van der Waals surface area (Å²) in [5, 5.41) is 2.96. The molecule has 4 heteroatoms. The third-order valence-corrected chi connectivity index (χ3v) is 9.53. The molecule has 0 nitrogen and oxygen atoms in total. The highest BCUT2D eigenvalue weighted by molar-refractivity contribution is 8.00. The first-order valence-corrected chi connectivity index (χ1v) is 12.7. The Morgan fingerprint density at radius 1 is 0.696 bits per heavy atom. The lowest BCUT2D eigenvalue weighted by atomic mass is 9.77. The number of hydrogen-bond donors (Lipinski definition) is 2. The smallest absolute Gasteiger partial charge is 0.00792 e. The molecule has 2 unspecified atom stereocenters. The maximum absolute atomic E-state index is 4.51. The van der Waals surface area contributed by atoms with Gasteiger partial charge in [-0.1, -0.05) is 13.8 Å². The quantitative estimate of drug-likeness (QED) is 0.447. The molecular formula is C19H36S4.